The summed E-state index contributed by atoms with van der Waals surface area (Å²) in [6, 6.07) is 8.14. The van der Waals surface area contributed by atoms with Crippen molar-refractivity contribution < 1.29 is 0 Å². The molecular weight excluding hydrogens is 214 g/mol. The average Bonchev–Trinajstić information content (AvgIpc) is 2.67. The van der Waals surface area contributed by atoms with Crippen LogP contribution in [-0.2, 0) is 5.75 Å². The highest BCUT2D eigenvalue weighted by Gasteiger charge is 2.14. The van der Waals surface area contributed by atoms with Crippen LogP contribution in [0.25, 0.3) is 0 Å². The predicted molar refractivity (Wildman–Crippen MR) is 64.0 cm³/mol. The Kier molecular flexibility index (Phi) is 3.74. The van der Waals surface area contributed by atoms with Gasteiger partial charge in [-0.3, -0.25) is 0 Å². The van der Waals surface area contributed by atoms with Gasteiger partial charge in [-0.25, -0.2) is 0 Å². The van der Waals surface area contributed by atoms with Crippen molar-refractivity contribution in [3.05, 3.63) is 34.9 Å². The van der Waals surface area contributed by atoms with Crippen LogP contribution < -0.4 is 5.32 Å². The molecule has 1 unspecified atom stereocenters. The molecule has 0 amide bonds. The second-order valence-corrected chi connectivity index (χ2v) is 5.28. The SMILES string of the molecule is Clc1cccc(CSC2CCNC2)c1. The maximum atomic E-state index is 5.92. The van der Waals surface area contributed by atoms with Gasteiger partial charge in [0.15, 0.2) is 0 Å². The monoisotopic (exact) mass is 227 g/mol. The molecule has 1 atom stereocenters. The summed E-state index contributed by atoms with van der Waals surface area (Å²) in [5, 5.41) is 5.00. The molecule has 1 aromatic carbocycles. The Balaban J connectivity index is 1.85. The minimum absolute atomic E-state index is 0.786. The summed E-state index contributed by atoms with van der Waals surface area (Å²) < 4.78 is 0. The molecule has 1 N–H and O–H groups in total. The lowest BCUT2D eigenvalue weighted by Gasteiger charge is -2.07. The van der Waals surface area contributed by atoms with E-state index in [1.54, 1.807) is 0 Å². The summed E-state index contributed by atoms with van der Waals surface area (Å²) >= 11 is 7.94. The van der Waals surface area contributed by atoms with Crippen LogP contribution in [0.5, 0.6) is 0 Å². The van der Waals surface area contributed by atoms with E-state index in [0.29, 0.717) is 0 Å². The Bertz CT molecular complexity index is 297. The van der Waals surface area contributed by atoms with Crippen LogP contribution >= 0.6 is 23.4 Å². The zero-order valence-corrected chi connectivity index (χ0v) is 9.57. The maximum absolute atomic E-state index is 5.92. The molecule has 0 aromatic heterocycles. The van der Waals surface area contributed by atoms with E-state index >= 15 is 0 Å². The van der Waals surface area contributed by atoms with Gasteiger partial charge in [-0.15, -0.1) is 0 Å². The van der Waals surface area contributed by atoms with Gasteiger partial charge in [-0.05, 0) is 30.7 Å². The van der Waals surface area contributed by atoms with Crippen molar-refractivity contribution in [2.75, 3.05) is 13.1 Å². The summed E-state index contributed by atoms with van der Waals surface area (Å²) in [5.74, 6) is 1.08. The largest absolute Gasteiger partial charge is 0.316 e. The Morgan fingerprint density at radius 1 is 1.50 bits per heavy atom. The number of nitrogens with one attached hydrogen (secondary N) is 1. The predicted octanol–water partition coefficient (Wildman–Crippen LogP) is 2.94. The second kappa shape index (κ2) is 5.06. The van der Waals surface area contributed by atoms with E-state index < -0.39 is 0 Å². The number of hydrogen-bond donors (Lipinski definition) is 1. The van der Waals surface area contributed by atoms with E-state index in [-0.39, 0.29) is 0 Å². The van der Waals surface area contributed by atoms with Crippen molar-refractivity contribution in [2.45, 2.75) is 17.4 Å². The number of halogens is 1. The van der Waals surface area contributed by atoms with E-state index in [9.17, 15) is 0 Å². The average molecular weight is 228 g/mol. The van der Waals surface area contributed by atoms with Crippen LogP contribution in [0.1, 0.15) is 12.0 Å². The molecule has 3 heteroatoms. The van der Waals surface area contributed by atoms with Crippen LogP contribution in [0.3, 0.4) is 0 Å². The van der Waals surface area contributed by atoms with Crippen LogP contribution in [0.2, 0.25) is 5.02 Å². The van der Waals surface area contributed by atoms with Crippen molar-refractivity contribution >= 4 is 23.4 Å². The van der Waals surface area contributed by atoms with Gasteiger partial charge in [-0.2, -0.15) is 11.8 Å². The molecule has 2 rings (SSSR count). The molecule has 1 fully saturated rings. The minimum Gasteiger partial charge on any atom is -0.316 e. The Morgan fingerprint density at radius 2 is 2.43 bits per heavy atom. The lowest BCUT2D eigenvalue weighted by molar-refractivity contribution is 0.858. The molecule has 1 saturated heterocycles. The highest BCUT2D eigenvalue weighted by atomic mass is 35.5. The van der Waals surface area contributed by atoms with Gasteiger partial charge in [0.25, 0.3) is 0 Å². The molecule has 14 heavy (non-hydrogen) atoms. The first kappa shape index (κ1) is 10.3. The van der Waals surface area contributed by atoms with Crippen molar-refractivity contribution in [3.63, 3.8) is 0 Å². The van der Waals surface area contributed by atoms with Crippen molar-refractivity contribution in [3.8, 4) is 0 Å². The van der Waals surface area contributed by atoms with Crippen LogP contribution in [0.15, 0.2) is 24.3 Å². The molecule has 1 heterocycles. The first-order chi connectivity index (χ1) is 6.84. The number of hydrogen-bond acceptors (Lipinski definition) is 2. The molecule has 1 aliphatic rings. The molecule has 0 aliphatic carbocycles. The van der Waals surface area contributed by atoms with Gasteiger partial charge in [0.2, 0.25) is 0 Å². The van der Waals surface area contributed by atoms with Crippen molar-refractivity contribution in [2.24, 2.45) is 0 Å². The second-order valence-electron chi connectivity index (χ2n) is 3.56. The topological polar surface area (TPSA) is 12.0 Å². The Morgan fingerprint density at radius 3 is 3.14 bits per heavy atom. The highest BCUT2D eigenvalue weighted by Crippen LogP contribution is 2.23. The lowest BCUT2D eigenvalue weighted by atomic mass is 10.2. The highest BCUT2D eigenvalue weighted by molar-refractivity contribution is 7.99. The molecule has 76 valence electrons. The summed E-state index contributed by atoms with van der Waals surface area (Å²) in [4.78, 5) is 0. The standard InChI is InChI=1S/C11H14ClNS/c12-10-3-1-2-9(6-10)8-14-11-4-5-13-7-11/h1-3,6,11,13H,4-5,7-8H2. The maximum Gasteiger partial charge on any atom is 0.0409 e. The Labute approximate surface area is 94.2 Å². The smallest absolute Gasteiger partial charge is 0.0409 e. The molecule has 1 aliphatic heterocycles. The first-order valence-electron chi connectivity index (χ1n) is 4.91. The van der Waals surface area contributed by atoms with E-state index in [2.05, 4.69) is 17.4 Å². The van der Waals surface area contributed by atoms with Crippen LogP contribution in [0, 0.1) is 0 Å². The summed E-state index contributed by atoms with van der Waals surface area (Å²) in [5.41, 5.74) is 1.33. The molecular formula is C11H14ClNS. The van der Waals surface area contributed by atoms with Gasteiger partial charge >= 0.3 is 0 Å². The quantitative estimate of drug-likeness (QED) is 0.852. The van der Waals surface area contributed by atoms with E-state index in [1.165, 1.54) is 18.5 Å². The lowest BCUT2D eigenvalue weighted by Crippen LogP contribution is -2.10. The van der Waals surface area contributed by atoms with Gasteiger partial charge < -0.3 is 5.32 Å². The number of rotatable bonds is 3. The van der Waals surface area contributed by atoms with Crippen LogP contribution in [-0.4, -0.2) is 18.3 Å². The number of benzene rings is 1. The van der Waals surface area contributed by atoms with Crippen molar-refractivity contribution in [1.82, 2.24) is 5.32 Å². The fourth-order valence-electron chi connectivity index (χ4n) is 1.61. The van der Waals surface area contributed by atoms with Gasteiger partial charge in [-0.1, -0.05) is 23.7 Å². The zero-order chi connectivity index (χ0) is 9.80. The zero-order valence-electron chi connectivity index (χ0n) is 8.00. The van der Waals surface area contributed by atoms with E-state index in [1.807, 2.05) is 23.9 Å². The van der Waals surface area contributed by atoms with E-state index in [4.69, 9.17) is 11.6 Å². The third kappa shape index (κ3) is 2.91. The third-order valence-corrected chi connectivity index (χ3v) is 4.00. The molecule has 1 nitrogen and oxygen atoms in total. The fraction of sp³-hybridized carbons (Fsp3) is 0.455. The third-order valence-electron chi connectivity index (χ3n) is 2.39. The summed E-state index contributed by atoms with van der Waals surface area (Å²) in [7, 11) is 0. The molecule has 1 aromatic rings. The molecule has 0 spiro atoms. The summed E-state index contributed by atoms with van der Waals surface area (Å²) in [6.45, 7) is 2.33. The molecule has 0 saturated carbocycles. The van der Waals surface area contributed by atoms with E-state index in [0.717, 1.165) is 22.6 Å². The fourth-order valence-corrected chi connectivity index (χ4v) is 2.95. The summed E-state index contributed by atoms with van der Waals surface area (Å²) in [6.07, 6.45) is 1.30. The van der Waals surface area contributed by atoms with Gasteiger partial charge in [0.05, 0.1) is 0 Å². The van der Waals surface area contributed by atoms with Crippen molar-refractivity contribution in [1.29, 1.82) is 0 Å². The minimum atomic E-state index is 0.786. The van der Waals surface area contributed by atoms with Gasteiger partial charge in [0, 0.05) is 22.6 Å². The molecule has 0 bridgehead atoms. The normalized spacial score (nSPS) is 21.4. The molecule has 0 radical (unpaired) electrons. The van der Waals surface area contributed by atoms with Crippen LogP contribution in [0.4, 0.5) is 0 Å². The van der Waals surface area contributed by atoms with Gasteiger partial charge in [0.1, 0.15) is 0 Å². The first-order valence-corrected chi connectivity index (χ1v) is 6.34. The number of thioether (sulfide) groups is 1. The Hall–Kier alpha value is -0.180.